The minimum absolute atomic E-state index is 0.143. The second-order valence-electron chi connectivity index (χ2n) is 7.57. The molecule has 6 heteroatoms. The molecule has 5 heterocycles. The van der Waals surface area contributed by atoms with Crippen molar-refractivity contribution in [3.05, 3.63) is 23.8 Å². The maximum atomic E-state index is 5.41. The molecule has 0 saturated carbocycles. The minimum atomic E-state index is 0.143. The van der Waals surface area contributed by atoms with Crippen molar-refractivity contribution in [1.82, 2.24) is 9.80 Å². The Hall–Kier alpha value is -1.92. The molecule has 6 nitrogen and oxygen atoms in total. The highest BCUT2D eigenvalue weighted by Crippen LogP contribution is 2.38. The SMILES string of the molecule is CC12CN3CCN(CC(C3)C1=NN=Cc1ccc3c(c1)OCO3)C2. The second kappa shape index (κ2) is 5.29. The van der Waals surface area contributed by atoms with Crippen LogP contribution >= 0.6 is 0 Å². The van der Waals surface area contributed by atoms with Crippen LogP contribution in [0.5, 0.6) is 11.5 Å². The maximum absolute atomic E-state index is 5.41. The van der Waals surface area contributed by atoms with Gasteiger partial charge in [0.2, 0.25) is 6.79 Å². The Morgan fingerprint density at radius 2 is 1.88 bits per heavy atom. The summed E-state index contributed by atoms with van der Waals surface area (Å²) in [4.78, 5) is 5.19. The predicted molar refractivity (Wildman–Crippen MR) is 92.1 cm³/mol. The van der Waals surface area contributed by atoms with Gasteiger partial charge < -0.3 is 19.3 Å². The zero-order valence-corrected chi connectivity index (χ0v) is 13.9. The summed E-state index contributed by atoms with van der Waals surface area (Å²) in [5, 5.41) is 9.10. The van der Waals surface area contributed by atoms with Crippen LogP contribution in [-0.4, -0.2) is 67.8 Å². The Morgan fingerprint density at radius 1 is 1.12 bits per heavy atom. The normalized spacial score (nSPS) is 38.2. The topological polar surface area (TPSA) is 49.7 Å². The van der Waals surface area contributed by atoms with Crippen LogP contribution in [0.2, 0.25) is 0 Å². The fourth-order valence-corrected chi connectivity index (χ4v) is 4.65. The fourth-order valence-electron chi connectivity index (χ4n) is 4.65. The average Bonchev–Trinajstić information content (AvgIpc) is 2.89. The molecule has 2 unspecified atom stereocenters. The molecule has 126 valence electrons. The number of ether oxygens (including phenoxy) is 2. The fraction of sp³-hybridized carbons (Fsp3) is 0.556. The Morgan fingerprint density at radius 3 is 2.62 bits per heavy atom. The number of benzene rings is 1. The van der Waals surface area contributed by atoms with E-state index in [-0.39, 0.29) is 5.41 Å². The first-order valence-corrected chi connectivity index (χ1v) is 8.65. The molecule has 1 aromatic carbocycles. The van der Waals surface area contributed by atoms with Gasteiger partial charge in [-0.3, -0.25) is 0 Å². The lowest BCUT2D eigenvalue weighted by Crippen LogP contribution is -2.59. The molecule has 1 aromatic rings. The zero-order chi connectivity index (χ0) is 16.1. The number of piperidine rings is 2. The Kier molecular flexibility index (Phi) is 3.18. The lowest BCUT2D eigenvalue weighted by molar-refractivity contribution is 0.130. The average molecular weight is 326 g/mol. The number of nitrogens with zero attached hydrogens (tertiary/aromatic N) is 4. The van der Waals surface area contributed by atoms with Gasteiger partial charge in [-0.15, -0.1) is 0 Å². The molecule has 5 aliphatic heterocycles. The molecule has 6 rings (SSSR count). The van der Waals surface area contributed by atoms with Crippen molar-refractivity contribution in [2.75, 3.05) is 46.1 Å². The summed E-state index contributed by atoms with van der Waals surface area (Å²) >= 11 is 0. The van der Waals surface area contributed by atoms with E-state index in [1.54, 1.807) is 0 Å². The molecular formula is C18H22N4O2. The molecule has 4 bridgehead atoms. The molecule has 2 atom stereocenters. The van der Waals surface area contributed by atoms with Crippen LogP contribution in [0.1, 0.15) is 12.5 Å². The van der Waals surface area contributed by atoms with E-state index >= 15 is 0 Å². The molecule has 5 aliphatic rings. The standard InChI is InChI=1S/C18H22N4O2/c1-18-10-21-4-5-22(11-18)9-14(8-21)17(18)20-19-7-13-2-3-15-16(6-13)24-12-23-15/h2-3,6-7,14H,4-5,8-12H2,1H3. The predicted octanol–water partition coefficient (Wildman–Crippen LogP) is 1.46. The van der Waals surface area contributed by atoms with E-state index in [1.807, 2.05) is 24.4 Å². The van der Waals surface area contributed by atoms with E-state index in [2.05, 4.69) is 26.9 Å². The third-order valence-electron chi connectivity index (χ3n) is 5.61. The van der Waals surface area contributed by atoms with Crippen LogP contribution in [0.15, 0.2) is 28.4 Å². The molecule has 24 heavy (non-hydrogen) atoms. The van der Waals surface area contributed by atoms with E-state index in [0.29, 0.717) is 12.7 Å². The number of fused-ring (bicyclic) bond motifs is 2. The van der Waals surface area contributed by atoms with E-state index in [0.717, 1.165) is 43.2 Å². The van der Waals surface area contributed by atoms with Crippen molar-refractivity contribution in [3.63, 3.8) is 0 Å². The van der Waals surface area contributed by atoms with Gasteiger partial charge in [-0.25, -0.2) is 0 Å². The maximum Gasteiger partial charge on any atom is 0.231 e. The highest BCUT2D eigenvalue weighted by atomic mass is 16.7. The van der Waals surface area contributed by atoms with E-state index < -0.39 is 0 Å². The quantitative estimate of drug-likeness (QED) is 0.610. The molecule has 0 N–H and O–H groups in total. The van der Waals surface area contributed by atoms with Crippen molar-refractivity contribution in [2.24, 2.45) is 21.5 Å². The molecule has 0 aliphatic carbocycles. The van der Waals surface area contributed by atoms with E-state index in [4.69, 9.17) is 9.47 Å². The van der Waals surface area contributed by atoms with Crippen LogP contribution in [0.4, 0.5) is 0 Å². The van der Waals surface area contributed by atoms with Crippen molar-refractivity contribution in [2.45, 2.75) is 6.92 Å². The van der Waals surface area contributed by atoms with Gasteiger partial charge in [0.05, 0.1) is 11.9 Å². The zero-order valence-electron chi connectivity index (χ0n) is 13.9. The molecule has 0 radical (unpaired) electrons. The van der Waals surface area contributed by atoms with E-state index in [9.17, 15) is 0 Å². The van der Waals surface area contributed by atoms with Gasteiger partial charge in [0.25, 0.3) is 0 Å². The van der Waals surface area contributed by atoms with Gasteiger partial charge in [0.1, 0.15) is 0 Å². The summed E-state index contributed by atoms with van der Waals surface area (Å²) in [5.74, 6) is 2.10. The lowest BCUT2D eigenvalue weighted by atomic mass is 9.72. The lowest BCUT2D eigenvalue weighted by Gasteiger charge is -2.48. The number of hydrogen-bond donors (Lipinski definition) is 0. The smallest absolute Gasteiger partial charge is 0.231 e. The van der Waals surface area contributed by atoms with Gasteiger partial charge in [-0.2, -0.15) is 10.2 Å². The van der Waals surface area contributed by atoms with E-state index in [1.165, 1.54) is 18.8 Å². The molecule has 4 saturated heterocycles. The minimum Gasteiger partial charge on any atom is -0.454 e. The van der Waals surface area contributed by atoms with Crippen LogP contribution in [0.3, 0.4) is 0 Å². The monoisotopic (exact) mass is 326 g/mol. The highest BCUT2D eigenvalue weighted by molar-refractivity contribution is 5.95. The summed E-state index contributed by atoms with van der Waals surface area (Å²) < 4.78 is 10.8. The summed E-state index contributed by atoms with van der Waals surface area (Å²) in [6.07, 6.45) is 1.82. The molecule has 0 amide bonds. The first-order chi connectivity index (χ1) is 11.7. The van der Waals surface area contributed by atoms with Gasteiger partial charge >= 0.3 is 0 Å². The largest absolute Gasteiger partial charge is 0.454 e. The summed E-state index contributed by atoms with van der Waals surface area (Å²) in [6.45, 7) is 9.51. The van der Waals surface area contributed by atoms with Crippen LogP contribution in [-0.2, 0) is 0 Å². The van der Waals surface area contributed by atoms with Crippen LogP contribution in [0.25, 0.3) is 0 Å². The van der Waals surface area contributed by atoms with Crippen molar-refractivity contribution in [1.29, 1.82) is 0 Å². The summed E-state index contributed by atoms with van der Waals surface area (Å²) in [7, 11) is 0. The number of rotatable bonds is 2. The number of hydrogen-bond acceptors (Lipinski definition) is 6. The molecule has 0 aromatic heterocycles. The van der Waals surface area contributed by atoms with Gasteiger partial charge in [-0.1, -0.05) is 6.92 Å². The van der Waals surface area contributed by atoms with Crippen molar-refractivity contribution < 1.29 is 9.47 Å². The Labute approximate surface area is 141 Å². The van der Waals surface area contributed by atoms with Crippen molar-refractivity contribution in [3.8, 4) is 11.5 Å². The molecule has 4 fully saturated rings. The van der Waals surface area contributed by atoms with Crippen molar-refractivity contribution >= 4 is 11.9 Å². The van der Waals surface area contributed by atoms with Gasteiger partial charge in [-0.05, 0) is 23.8 Å². The first-order valence-electron chi connectivity index (χ1n) is 8.65. The Balaban J connectivity index is 1.40. The third kappa shape index (κ3) is 2.32. The second-order valence-corrected chi connectivity index (χ2v) is 7.57. The van der Waals surface area contributed by atoms with Crippen LogP contribution < -0.4 is 9.47 Å². The highest BCUT2D eigenvalue weighted by Gasteiger charge is 2.49. The molecular weight excluding hydrogens is 304 g/mol. The first kappa shape index (κ1) is 14.4. The molecule has 0 spiro atoms. The van der Waals surface area contributed by atoms with Crippen LogP contribution in [0, 0.1) is 11.3 Å². The van der Waals surface area contributed by atoms with Gasteiger partial charge in [0.15, 0.2) is 11.5 Å². The summed E-state index contributed by atoms with van der Waals surface area (Å²) in [5.41, 5.74) is 2.42. The Bertz CT molecular complexity index is 714. The third-order valence-corrected chi connectivity index (χ3v) is 5.61. The summed E-state index contributed by atoms with van der Waals surface area (Å²) in [6, 6.07) is 5.86. The van der Waals surface area contributed by atoms with Gasteiger partial charge in [0, 0.05) is 50.6 Å².